The number of amides is 1. The number of rotatable bonds is 5. The third-order valence-corrected chi connectivity index (χ3v) is 5.98. The molecule has 134 valence electrons. The van der Waals surface area contributed by atoms with E-state index in [0.29, 0.717) is 6.42 Å². The Kier molecular flexibility index (Phi) is 4.80. The Morgan fingerprint density at radius 1 is 1.24 bits per heavy atom. The number of piperidine rings is 1. The lowest BCUT2D eigenvalue weighted by atomic mass is 9.93. The van der Waals surface area contributed by atoms with Gasteiger partial charge in [-0.15, -0.1) is 0 Å². The van der Waals surface area contributed by atoms with Gasteiger partial charge in [-0.25, -0.2) is 0 Å². The molecule has 0 unspecified atom stereocenters. The van der Waals surface area contributed by atoms with Crippen LogP contribution >= 0.6 is 0 Å². The van der Waals surface area contributed by atoms with E-state index in [4.69, 9.17) is 4.42 Å². The summed E-state index contributed by atoms with van der Waals surface area (Å²) >= 11 is 0. The van der Waals surface area contributed by atoms with Gasteiger partial charge in [0.05, 0.1) is 12.7 Å². The van der Waals surface area contributed by atoms with Crippen molar-refractivity contribution in [2.24, 2.45) is 5.92 Å². The normalized spacial score (nSPS) is 18.0. The molecule has 1 aliphatic carbocycles. The third-order valence-electron chi connectivity index (χ3n) is 5.98. The lowest BCUT2D eigenvalue weighted by Gasteiger charge is -2.32. The average Bonchev–Trinajstić information content (AvgIpc) is 3.25. The van der Waals surface area contributed by atoms with Crippen LogP contribution in [0, 0.1) is 5.92 Å². The Balaban J connectivity index is 1.41. The second-order valence-corrected chi connectivity index (χ2v) is 7.62. The van der Waals surface area contributed by atoms with Crippen molar-refractivity contribution < 1.29 is 9.21 Å². The van der Waals surface area contributed by atoms with Gasteiger partial charge in [0.15, 0.2) is 0 Å². The van der Waals surface area contributed by atoms with Gasteiger partial charge in [0, 0.05) is 24.0 Å². The Labute approximate surface area is 149 Å². The maximum atomic E-state index is 12.7. The van der Waals surface area contributed by atoms with E-state index < -0.39 is 0 Å². The summed E-state index contributed by atoms with van der Waals surface area (Å²) in [5, 5.41) is 4.36. The summed E-state index contributed by atoms with van der Waals surface area (Å²) in [6.45, 7) is 2.88. The Bertz CT molecular complexity index is 757. The van der Waals surface area contributed by atoms with Crippen molar-refractivity contribution >= 4 is 16.9 Å². The monoisotopic (exact) mass is 340 g/mol. The van der Waals surface area contributed by atoms with E-state index in [9.17, 15) is 4.79 Å². The molecule has 2 aliphatic rings. The first-order valence-corrected chi connectivity index (χ1v) is 9.69. The molecular weight excluding hydrogens is 312 g/mol. The van der Waals surface area contributed by atoms with Crippen molar-refractivity contribution in [2.75, 3.05) is 26.7 Å². The molecule has 2 aromatic rings. The number of aryl methyl sites for hydroxylation is 2. The van der Waals surface area contributed by atoms with E-state index in [-0.39, 0.29) is 5.91 Å². The van der Waals surface area contributed by atoms with E-state index in [2.05, 4.69) is 17.4 Å². The summed E-state index contributed by atoms with van der Waals surface area (Å²) in [6.07, 6.45) is 9.28. The lowest BCUT2D eigenvalue weighted by Crippen LogP contribution is -2.39. The molecule has 1 aromatic carbocycles. The molecule has 4 nitrogen and oxygen atoms in total. The van der Waals surface area contributed by atoms with Gasteiger partial charge in [-0.3, -0.25) is 4.79 Å². The van der Waals surface area contributed by atoms with Crippen LogP contribution in [0.15, 0.2) is 22.8 Å². The quantitative estimate of drug-likeness (QED) is 0.908. The Morgan fingerprint density at radius 2 is 2.00 bits per heavy atom. The summed E-state index contributed by atoms with van der Waals surface area (Å²) in [6, 6.07) is 4.44. The van der Waals surface area contributed by atoms with Gasteiger partial charge in [-0.1, -0.05) is 0 Å². The third kappa shape index (κ3) is 3.45. The van der Waals surface area contributed by atoms with Crippen molar-refractivity contribution in [3.05, 3.63) is 35.1 Å². The molecule has 1 saturated heterocycles. The number of fused-ring (bicyclic) bond motifs is 2. The molecule has 1 fully saturated rings. The van der Waals surface area contributed by atoms with E-state index >= 15 is 0 Å². The van der Waals surface area contributed by atoms with Crippen LogP contribution in [0.25, 0.3) is 11.0 Å². The molecule has 1 N–H and O–H groups in total. The van der Waals surface area contributed by atoms with Crippen molar-refractivity contribution in [2.45, 2.75) is 44.9 Å². The predicted octanol–water partition coefficient (Wildman–Crippen LogP) is 3.31. The molecule has 1 amide bonds. The number of likely N-dealkylation sites (tertiary alicyclic amines) is 1. The van der Waals surface area contributed by atoms with E-state index in [1.54, 1.807) is 6.26 Å². The van der Waals surface area contributed by atoms with Crippen molar-refractivity contribution in [3.63, 3.8) is 0 Å². The molecule has 0 radical (unpaired) electrons. The number of carbonyl (C=O) groups is 1. The van der Waals surface area contributed by atoms with E-state index in [1.165, 1.54) is 24.0 Å². The first-order chi connectivity index (χ1) is 12.2. The van der Waals surface area contributed by atoms with Gasteiger partial charge < -0.3 is 14.6 Å². The van der Waals surface area contributed by atoms with Crippen LogP contribution < -0.4 is 5.32 Å². The standard InChI is InChI=1S/C21H28N2O2/c1-22-8-5-15-6-9-23(10-7-15)21(24)13-18-14-25-20-12-17-4-2-3-16(17)11-19(18)20/h11-12,14-15,22H,2-10,13H2,1H3. The fourth-order valence-electron chi connectivity index (χ4n) is 4.38. The molecular formula is C21H28N2O2. The van der Waals surface area contributed by atoms with Crippen molar-refractivity contribution in [1.29, 1.82) is 0 Å². The van der Waals surface area contributed by atoms with Gasteiger partial charge in [0.2, 0.25) is 5.91 Å². The first-order valence-electron chi connectivity index (χ1n) is 9.69. The number of nitrogens with one attached hydrogen (secondary N) is 1. The number of hydrogen-bond acceptors (Lipinski definition) is 3. The second kappa shape index (κ2) is 7.20. The molecule has 4 rings (SSSR count). The summed E-state index contributed by atoms with van der Waals surface area (Å²) in [5.74, 6) is 1.00. The highest BCUT2D eigenvalue weighted by Crippen LogP contribution is 2.31. The van der Waals surface area contributed by atoms with Crippen LogP contribution in [0.1, 0.15) is 42.4 Å². The highest BCUT2D eigenvalue weighted by Gasteiger charge is 2.24. The lowest BCUT2D eigenvalue weighted by molar-refractivity contribution is -0.131. The van der Waals surface area contributed by atoms with Crippen LogP contribution in [-0.2, 0) is 24.1 Å². The van der Waals surface area contributed by atoms with E-state index in [1.807, 2.05) is 11.9 Å². The van der Waals surface area contributed by atoms with Gasteiger partial charge in [-0.2, -0.15) is 0 Å². The topological polar surface area (TPSA) is 45.5 Å². The minimum atomic E-state index is 0.246. The number of hydrogen-bond donors (Lipinski definition) is 1. The van der Waals surface area contributed by atoms with Gasteiger partial charge >= 0.3 is 0 Å². The first kappa shape index (κ1) is 16.6. The van der Waals surface area contributed by atoms with E-state index in [0.717, 1.165) is 67.8 Å². The molecule has 2 heterocycles. The Hall–Kier alpha value is -1.81. The molecule has 25 heavy (non-hydrogen) atoms. The zero-order chi connectivity index (χ0) is 17.2. The highest BCUT2D eigenvalue weighted by atomic mass is 16.3. The summed E-state index contributed by atoms with van der Waals surface area (Å²) in [7, 11) is 2.00. The largest absolute Gasteiger partial charge is 0.464 e. The Morgan fingerprint density at radius 3 is 2.76 bits per heavy atom. The average molecular weight is 340 g/mol. The SMILES string of the molecule is CNCCC1CCN(C(=O)Cc2coc3cc4c(cc23)CCC4)CC1. The number of furan rings is 1. The number of nitrogens with zero attached hydrogens (tertiary/aromatic N) is 1. The highest BCUT2D eigenvalue weighted by molar-refractivity contribution is 5.88. The van der Waals surface area contributed by atoms with Gasteiger partial charge in [0.1, 0.15) is 5.58 Å². The van der Waals surface area contributed by atoms with Crippen LogP contribution in [0.4, 0.5) is 0 Å². The molecule has 1 aliphatic heterocycles. The molecule has 4 heteroatoms. The minimum absolute atomic E-state index is 0.246. The summed E-state index contributed by atoms with van der Waals surface area (Å²) in [4.78, 5) is 14.8. The maximum absolute atomic E-state index is 12.7. The molecule has 0 saturated carbocycles. The van der Waals surface area contributed by atoms with Crippen LogP contribution in [0.3, 0.4) is 0 Å². The van der Waals surface area contributed by atoms with Crippen molar-refractivity contribution in [1.82, 2.24) is 10.2 Å². The van der Waals surface area contributed by atoms with Crippen LogP contribution in [0.2, 0.25) is 0 Å². The zero-order valence-corrected chi connectivity index (χ0v) is 15.1. The number of carbonyl (C=O) groups excluding carboxylic acids is 1. The van der Waals surface area contributed by atoms with Crippen molar-refractivity contribution in [3.8, 4) is 0 Å². The van der Waals surface area contributed by atoms with Gasteiger partial charge in [-0.05, 0) is 81.3 Å². The maximum Gasteiger partial charge on any atom is 0.227 e. The molecule has 0 atom stereocenters. The summed E-state index contributed by atoms with van der Waals surface area (Å²) in [5.41, 5.74) is 4.84. The fraction of sp³-hybridized carbons (Fsp3) is 0.571. The smallest absolute Gasteiger partial charge is 0.227 e. The number of benzene rings is 1. The molecule has 0 spiro atoms. The van der Waals surface area contributed by atoms with Crippen LogP contribution in [0.5, 0.6) is 0 Å². The zero-order valence-electron chi connectivity index (χ0n) is 15.1. The summed E-state index contributed by atoms with van der Waals surface area (Å²) < 4.78 is 5.75. The minimum Gasteiger partial charge on any atom is -0.464 e. The molecule has 0 bridgehead atoms. The molecule has 1 aromatic heterocycles. The second-order valence-electron chi connectivity index (χ2n) is 7.62. The predicted molar refractivity (Wildman–Crippen MR) is 99.8 cm³/mol. The fourth-order valence-corrected chi connectivity index (χ4v) is 4.38. The van der Waals surface area contributed by atoms with Crippen LogP contribution in [-0.4, -0.2) is 37.5 Å². The van der Waals surface area contributed by atoms with Gasteiger partial charge in [0.25, 0.3) is 0 Å².